The Morgan fingerprint density at radius 1 is 1.45 bits per heavy atom. The van der Waals surface area contributed by atoms with Crippen molar-refractivity contribution in [3.05, 3.63) is 29.3 Å². The molecule has 0 fully saturated rings. The predicted molar refractivity (Wildman–Crippen MR) is 93.3 cm³/mol. The fourth-order valence-corrected chi connectivity index (χ4v) is 3.33. The topological polar surface area (TPSA) is 66.9 Å². The average Bonchev–Trinajstić information content (AvgIpc) is 2.92. The molecule has 5 nitrogen and oxygen atoms in total. The van der Waals surface area contributed by atoms with Gasteiger partial charge in [-0.3, -0.25) is 4.79 Å². The van der Waals surface area contributed by atoms with Gasteiger partial charge in [0.1, 0.15) is 0 Å². The van der Waals surface area contributed by atoms with Gasteiger partial charge in [-0.2, -0.15) is 0 Å². The minimum Gasteiger partial charge on any atom is -0.353 e. The highest BCUT2D eigenvalue weighted by molar-refractivity contribution is 8.01. The Labute approximate surface area is 142 Å². The Balaban J connectivity index is 1.85. The van der Waals surface area contributed by atoms with Crippen molar-refractivity contribution >= 4 is 51.4 Å². The van der Waals surface area contributed by atoms with E-state index < -0.39 is 0 Å². The maximum Gasteiger partial charge on any atom is 0.230 e. The third kappa shape index (κ3) is 5.47. The van der Waals surface area contributed by atoms with Crippen LogP contribution in [0.2, 0.25) is 5.02 Å². The Hall–Kier alpha value is -1.31. The van der Waals surface area contributed by atoms with Crippen LogP contribution >= 0.6 is 34.7 Å². The summed E-state index contributed by atoms with van der Waals surface area (Å²) in [6, 6.07) is 7.59. The molecule has 0 aliphatic rings. The van der Waals surface area contributed by atoms with E-state index in [0.29, 0.717) is 15.9 Å². The molecule has 0 aliphatic carbocycles. The van der Waals surface area contributed by atoms with Crippen LogP contribution in [0.1, 0.15) is 20.3 Å². The lowest BCUT2D eigenvalue weighted by Gasteiger charge is -2.09. The number of hydrogen-bond donors (Lipinski definition) is 2. The van der Waals surface area contributed by atoms with E-state index in [1.807, 2.05) is 38.1 Å². The molecule has 1 amide bonds. The molecule has 0 aliphatic heterocycles. The number of thioether (sulfide) groups is 1. The predicted octanol–water partition coefficient (Wildman–Crippen LogP) is 3.94. The molecule has 1 aromatic carbocycles. The Morgan fingerprint density at radius 3 is 3.00 bits per heavy atom. The van der Waals surface area contributed by atoms with E-state index in [1.54, 1.807) is 0 Å². The number of aromatic nitrogens is 2. The molecule has 1 atom stereocenters. The summed E-state index contributed by atoms with van der Waals surface area (Å²) in [5, 5.41) is 15.5. The van der Waals surface area contributed by atoms with Crippen molar-refractivity contribution in [3.8, 4) is 0 Å². The minimum atomic E-state index is 0.0129. The van der Waals surface area contributed by atoms with Gasteiger partial charge in [0, 0.05) is 16.8 Å². The summed E-state index contributed by atoms with van der Waals surface area (Å²) < 4.78 is 0.754. The third-order valence-corrected chi connectivity index (χ3v) is 5.04. The number of nitrogens with one attached hydrogen (secondary N) is 2. The number of benzene rings is 1. The summed E-state index contributed by atoms with van der Waals surface area (Å²) in [6.45, 7) is 4.02. The highest BCUT2D eigenvalue weighted by atomic mass is 35.5. The van der Waals surface area contributed by atoms with Gasteiger partial charge < -0.3 is 10.6 Å². The second kappa shape index (κ2) is 8.36. The third-order valence-electron chi connectivity index (χ3n) is 2.83. The summed E-state index contributed by atoms with van der Waals surface area (Å²) in [4.78, 5) is 11.7. The molecule has 22 heavy (non-hydrogen) atoms. The number of carbonyl (C=O) groups is 1. The molecule has 2 aromatic rings. The van der Waals surface area contributed by atoms with Crippen LogP contribution < -0.4 is 10.6 Å². The molecule has 0 radical (unpaired) electrons. The van der Waals surface area contributed by atoms with Crippen molar-refractivity contribution in [2.75, 3.05) is 11.1 Å². The van der Waals surface area contributed by atoms with Crippen LogP contribution in [-0.2, 0) is 4.79 Å². The van der Waals surface area contributed by atoms with Crippen LogP contribution in [0.15, 0.2) is 28.6 Å². The second-order valence-electron chi connectivity index (χ2n) is 4.67. The van der Waals surface area contributed by atoms with Crippen molar-refractivity contribution in [2.45, 2.75) is 30.6 Å². The molecule has 0 spiro atoms. The van der Waals surface area contributed by atoms with Crippen LogP contribution in [0.5, 0.6) is 0 Å². The summed E-state index contributed by atoms with van der Waals surface area (Å²) >= 11 is 8.72. The quantitative estimate of drug-likeness (QED) is 0.735. The maximum absolute atomic E-state index is 11.7. The lowest BCUT2D eigenvalue weighted by molar-refractivity contribution is -0.119. The van der Waals surface area contributed by atoms with Gasteiger partial charge in [0.2, 0.25) is 11.0 Å². The number of rotatable bonds is 7. The Bertz CT molecular complexity index is 635. The molecular formula is C14H17ClN4OS2. The monoisotopic (exact) mass is 356 g/mol. The lowest BCUT2D eigenvalue weighted by atomic mass is 10.3. The first-order valence-corrected chi connectivity index (χ1v) is 9.03. The molecule has 0 saturated heterocycles. The number of anilines is 2. The molecule has 2 rings (SSSR count). The number of hydrogen-bond acceptors (Lipinski definition) is 6. The summed E-state index contributed by atoms with van der Waals surface area (Å²) in [5.74, 6) is 0.356. The van der Waals surface area contributed by atoms with E-state index in [1.165, 1.54) is 23.1 Å². The molecule has 8 heteroatoms. The number of nitrogens with zero attached hydrogens (tertiary/aromatic N) is 2. The molecule has 0 bridgehead atoms. The van der Waals surface area contributed by atoms with Crippen molar-refractivity contribution in [3.63, 3.8) is 0 Å². The van der Waals surface area contributed by atoms with Crippen LogP contribution in [0.4, 0.5) is 10.8 Å². The Kier molecular flexibility index (Phi) is 6.48. The van der Waals surface area contributed by atoms with E-state index in [2.05, 4.69) is 20.8 Å². The standard InChI is InChI=1S/C14H17ClN4OS2/c1-3-9(2)16-12(20)8-21-14-19-18-13(22-14)17-11-6-4-5-10(15)7-11/h4-7,9H,3,8H2,1-2H3,(H,16,20)(H,17,18)/t9-/m0/s1. The normalized spacial score (nSPS) is 12.0. The zero-order valence-corrected chi connectivity index (χ0v) is 14.7. The van der Waals surface area contributed by atoms with Crippen LogP contribution in [0.3, 0.4) is 0 Å². The first-order valence-electron chi connectivity index (χ1n) is 6.85. The van der Waals surface area contributed by atoms with Crippen molar-refractivity contribution in [1.82, 2.24) is 15.5 Å². The first kappa shape index (κ1) is 17.1. The average molecular weight is 357 g/mol. The highest BCUT2D eigenvalue weighted by Crippen LogP contribution is 2.28. The van der Waals surface area contributed by atoms with Gasteiger partial charge in [-0.05, 0) is 31.5 Å². The second-order valence-corrected chi connectivity index (χ2v) is 7.31. The molecule has 1 aromatic heterocycles. The number of halogens is 1. The van der Waals surface area contributed by atoms with Crippen molar-refractivity contribution < 1.29 is 4.79 Å². The zero-order chi connectivity index (χ0) is 15.9. The van der Waals surface area contributed by atoms with Crippen LogP contribution in [-0.4, -0.2) is 27.9 Å². The molecule has 2 N–H and O–H groups in total. The van der Waals surface area contributed by atoms with Crippen LogP contribution in [0, 0.1) is 0 Å². The van der Waals surface area contributed by atoms with E-state index >= 15 is 0 Å². The SMILES string of the molecule is CC[C@H](C)NC(=O)CSc1nnc(Nc2cccc(Cl)c2)s1. The highest BCUT2D eigenvalue weighted by Gasteiger charge is 2.10. The smallest absolute Gasteiger partial charge is 0.230 e. The summed E-state index contributed by atoms with van der Waals surface area (Å²) in [5.41, 5.74) is 0.856. The number of carbonyl (C=O) groups excluding carboxylic acids is 1. The molecular weight excluding hydrogens is 340 g/mol. The van der Waals surface area contributed by atoms with E-state index in [-0.39, 0.29) is 11.9 Å². The maximum atomic E-state index is 11.7. The lowest BCUT2D eigenvalue weighted by Crippen LogP contribution is -2.33. The molecule has 0 saturated carbocycles. The fourth-order valence-electron chi connectivity index (χ4n) is 1.55. The van der Waals surface area contributed by atoms with E-state index in [0.717, 1.165) is 16.4 Å². The number of amides is 1. The molecule has 118 valence electrons. The van der Waals surface area contributed by atoms with E-state index in [9.17, 15) is 4.79 Å². The summed E-state index contributed by atoms with van der Waals surface area (Å²) in [7, 11) is 0. The zero-order valence-electron chi connectivity index (χ0n) is 12.3. The van der Waals surface area contributed by atoms with Gasteiger partial charge in [-0.1, -0.05) is 47.7 Å². The Morgan fingerprint density at radius 2 is 2.27 bits per heavy atom. The molecule has 1 heterocycles. The van der Waals surface area contributed by atoms with Crippen molar-refractivity contribution in [1.29, 1.82) is 0 Å². The van der Waals surface area contributed by atoms with Crippen molar-refractivity contribution in [2.24, 2.45) is 0 Å². The largest absolute Gasteiger partial charge is 0.353 e. The van der Waals surface area contributed by atoms with Crippen LogP contribution in [0.25, 0.3) is 0 Å². The fraction of sp³-hybridized carbons (Fsp3) is 0.357. The summed E-state index contributed by atoms with van der Waals surface area (Å²) in [6.07, 6.45) is 0.920. The van der Waals surface area contributed by atoms with Gasteiger partial charge >= 0.3 is 0 Å². The van der Waals surface area contributed by atoms with Gasteiger partial charge in [-0.25, -0.2) is 0 Å². The molecule has 0 unspecified atom stereocenters. The minimum absolute atomic E-state index is 0.0129. The first-order chi connectivity index (χ1) is 10.6. The van der Waals surface area contributed by atoms with Gasteiger partial charge in [0.25, 0.3) is 0 Å². The van der Waals surface area contributed by atoms with Gasteiger partial charge in [0.05, 0.1) is 5.75 Å². The van der Waals surface area contributed by atoms with Gasteiger partial charge in [-0.15, -0.1) is 10.2 Å². The van der Waals surface area contributed by atoms with Gasteiger partial charge in [0.15, 0.2) is 4.34 Å². The van der Waals surface area contributed by atoms with E-state index in [4.69, 9.17) is 11.6 Å².